The van der Waals surface area contributed by atoms with E-state index in [4.69, 9.17) is 50.5 Å². The second-order valence-corrected chi connectivity index (χ2v) is 33.1. The number of nitrogens with two attached hydrogens (primary N) is 3. The molecule has 7 rings (SSSR count). The minimum atomic E-state index is -1.02. The summed E-state index contributed by atoms with van der Waals surface area (Å²) in [7, 11) is 1.94. The summed E-state index contributed by atoms with van der Waals surface area (Å²) in [5.41, 5.74) is 21.0. The molecule has 0 radical (unpaired) electrons. The third kappa shape index (κ3) is 38.1. The van der Waals surface area contributed by atoms with Gasteiger partial charge in [-0.3, -0.25) is 57.7 Å². The van der Waals surface area contributed by atoms with E-state index >= 15 is 0 Å². The number of nitrogens with zero attached hydrogens (tertiary/aromatic N) is 4. The van der Waals surface area contributed by atoms with Gasteiger partial charge in [-0.15, -0.1) is 11.3 Å². The molecule has 0 aliphatic carbocycles. The van der Waals surface area contributed by atoms with Crippen LogP contribution >= 0.6 is 11.3 Å². The Labute approximate surface area is 749 Å². The lowest BCUT2D eigenvalue weighted by Crippen LogP contribution is -2.58. The largest absolute Gasteiger partial charge is 0.508 e. The van der Waals surface area contributed by atoms with E-state index in [1.54, 1.807) is 79.6 Å². The number of benzene rings is 4. The van der Waals surface area contributed by atoms with E-state index in [-0.39, 0.29) is 137 Å². The Kier molecular flexibility index (Phi) is 46.8. The molecule has 4 aromatic carbocycles. The molecule has 696 valence electrons. The fourth-order valence-corrected chi connectivity index (χ4v) is 14.8. The molecule has 1 fully saturated rings. The number of hydroxylamine groups is 2. The van der Waals surface area contributed by atoms with Crippen molar-refractivity contribution in [3.63, 3.8) is 0 Å². The lowest BCUT2D eigenvalue weighted by Gasteiger charge is -2.39. The van der Waals surface area contributed by atoms with Crippen LogP contribution in [0.15, 0.2) is 102 Å². The number of carbonyl (C=O) groups is 12. The van der Waals surface area contributed by atoms with Gasteiger partial charge in [-0.2, -0.15) is 0 Å². The average Bonchev–Trinajstić information content (AvgIpc) is 1.44. The lowest BCUT2D eigenvalue weighted by atomic mass is 9.93. The molecule has 127 heavy (non-hydrogen) atoms. The van der Waals surface area contributed by atoms with Crippen molar-refractivity contribution in [2.45, 2.75) is 221 Å². The summed E-state index contributed by atoms with van der Waals surface area (Å²) < 4.78 is 32.8. The topological polar surface area (TPSA) is 475 Å². The lowest BCUT2D eigenvalue weighted by molar-refractivity contribution is -0.213. The highest BCUT2D eigenvalue weighted by Crippen LogP contribution is 2.33. The van der Waals surface area contributed by atoms with Crippen molar-refractivity contribution < 1.29 is 95.9 Å². The minimum absolute atomic E-state index is 0.0213. The first-order valence-electron chi connectivity index (χ1n) is 43.9. The number of hydrogen-bond acceptors (Lipinski definition) is 23. The minimum Gasteiger partial charge on any atom is -0.508 e. The van der Waals surface area contributed by atoms with Gasteiger partial charge in [0.15, 0.2) is 6.10 Å². The Morgan fingerprint density at radius 1 is 0.646 bits per heavy atom. The first-order valence-corrected chi connectivity index (χ1v) is 44.7. The Hall–Kier alpha value is -11.1. The van der Waals surface area contributed by atoms with Gasteiger partial charge in [0.2, 0.25) is 41.4 Å². The molecule has 9 atom stereocenters. The fourth-order valence-electron chi connectivity index (χ4n) is 13.9. The number of rotatable bonds is 54. The molecule has 14 N–H and O–H groups in total. The number of carbonyl (C=O) groups excluding carboxylic acids is 12. The van der Waals surface area contributed by atoms with Crippen molar-refractivity contribution >= 4 is 94.0 Å². The quantitative estimate of drug-likeness (QED) is 0.00750. The molecular weight excluding hydrogens is 1650 g/mol. The summed E-state index contributed by atoms with van der Waals surface area (Å²) in [5, 5.41) is 32.6. The summed E-state index contributed by atoms with van der Waals surface area (Å²) in [6.45, 7) is 20.5. The number of phenols is 1. The van der Waals surface area contributed by atoms with Gasteiger partial charge in [-0.1, -0.05) is 154 Å². The number of anilines is 2. The molecule has 34 nitrogen and oxygen atoms in total. The van der Waals surface area contributed by atoms with Gasteiger partial charge < -0.3 is 92.8 Å². The number of amides is 12. The summed E-state index contributed by atoms with van der Waals surface area (Å²) >= 11 is 1.16. The van der Waals surface area contributed by atoms with Gasteiger partial charge in [0, 0.05) is 79.9 Å². The number of likely N-dealkylation sites (N-methyl/N-ethyl adjacent to an activating group) is 1. The van der Waals surface area contributed by atoms with Crippen molar-refractivity contribution in [2.24, 2.45) is 40.9 Å². The van der Waals surface area contributed by atoms with Gasteiger partial charge >= 0.3 is 18.1 Å². The number of nitrogens with one attached hydrogen (secondary N) is 7. The van der Waals surface area contributed by atoms with Crippen molar-refractivity contribution in [3.05, 3.63) is 141 Å². The maximum Gasteiger partial charge on any atom is 0.404 e. The summed E-state index contributed by atoms with van der Waals surface area (Å²) in [5.74, 6) is 1.29. The highest BCUT2D eigenvalue weighted by atomic mass is 32.1. The van der Waals surface area contributed by atoms with Gasteiger partial charge in [-0.25, -0.2) is 19.6 Å². The van der Waals surface area contributed by atoms with Crippen LogP contribution in [0.3, 0.4) is 0 Å². The average molecular weight is 1790 g/mol. The van der Waals surface area contributed by atoms with E-state index in [2.05, 4.69) is 61.0 Å². The van der Waals surface area contributed by atoms with Gasteiger partial charge in [0.05, 0.1) is 83.8 Å². The molecule has 1 aromatic heterocycles. The molecule has 0 unspecified atom stereocenters. The van der Waals surface area contributed by atoms with Crippen LogP contribution in [0.5, 0.6) is 5.75 Å². The van der Waals surface area contributed by atoms with E-state index in [0.29, 0.717) is 81.6 Å². The molecule has 1 saturated heterocycles. The molecule has 3 heterocycles. The van der Waals surface area contributed by atoms with Crippen LogP contribution in [0.25, 0.3) is 0 Å². The second kappa shape index (κ2) is 56.8. The summed E-state index contributed by atoms with van der Waals surface area (Å²) in [6, 6.07) is 23.3. The number of thiazole rings is 1. The number of unbranched alkanes of at least 4 members (excludes halogenated alkanes) is 3. The molecule has 0 saturated carbocycles. The van der Waals surface area contributed by atoms with Gasteiger partial charge in [0.1, 0.15) is 41.2 Å². The van der Waals surface area contributed by atoms with Crippen molar-refractivity contribution in [1.82, 2.24) is 46.8 Å². The number of para-hydroxylation sites is 1. The van der Waals surface area contributed by atoms with Crippen molar-refractivity contribution in [3.8, 4) is 17.6 Å². The van der Waals surface area contributed by atoms with Crippen LogP contribution in [-0.4, -0.2) is 214 Å². The Bertz CT molecular complexity index is 4390. The number of hydrogen-bond donors (Lipinski definition) is 11. The highest BCUT2D eigenvalue weighted by Gasteiger charge is 2.41. The standard InChI is InChI=1S/C49H64N8O12.C43H68N6O8S/c1-34(2)45(47(62)55-40(11-7-22-53-48(50)63)46(61)54-39-17-13-35(14-18-39)33-69-49(51)64)56-43(59)21-24-65-26-28-67-30-31-68-29-27-66-25-23-52-42(58)19-20-44(60)57-32-38-10-4-3-8-36(38)15-16-37-9-5-6-12-41(37)57;1-9-11-12-15-22-56-49(43(55)38(28(5)10-2)47-41(54)35-16-13-14-21-48(35)8)36(27(3)4)25-37(57-30(7)50)42-46-34(26-58-42)40(53)45-32(23-29(6)39(44)52)24-31-17-19-33(51)20-18-31/h3-6,8-10,12-14,17-18,34,40,45H,7,11,19-33H2,1-2H3,(H2,51,64)(H,52,58)(H,54,61)(H,55,62)(H,56,59)(H3,50,53,63);17-20,26-29,32,35-38,51H,9-16,21-25H2,1-8H3,(H2,44,52)(H,45,53)(H,47,54)/t40-,45-;28-,29-,32+,35+,36+,37+,38-/m00/s1. The van der Waals surface area contributed by atoms with Crippen LogP contribution in [-0.2, 0) is 96.0 Å². The molecule has 5 aromatic rings. The number of esters is 1. The number of piperidine rings is 1. The number of ether oxygens (including phenoxy) is 6. The molecule has 2 aliphatic rings. The predicted molar refractivity (Wildman–Crippen MR) is 480 cm³/mol. The molecule has 35 heteroatoms. The summed E-state index contributed by atoms with van der Waals surface area (Å²) in [4.78, 5) is 169. The van der Waals surface area contributed by atoms with Crippen LogP contribution in [0.2, 0.25) is 0 Å². The van der Waals surface area contributed by atoms with E-state index in [1.165, 1.54) is 12.0 Å². The highest BCUT2D eigenvalue weighted by molar-refractivity contribution is 7.09. The van der Waals surface area contributed by atoms with Crippen LogP contribution < -0.4 is 59.3 Å². The normalized spacial score (nSPS) is 14.8. The number of aromatic hydroxyl groups is 1. The van der Waals surface area contributed by atoms with Crippen LogP contribution in [0, 0.1) is 35.5 Å². The van der Waals surface area contributed by atoms with E-state index in [1.807, 2.05) is 88.2 Å². The number of primary amides is 3. The number of likely N-dealkylation sites (tertiary alicyclic amines) is 1. The van der Waals surface area contributed by atoms with E-state index in [9.17, 15) is 62.6 Å². The molecular formula is C92H132N14O20S. The SMILES string of the molecule is CC(C)[C@H](NC(=O)CCOCCOCCOCCOCCNC(=O)CCC(=O)N1Cc2ccccc2C#Cc2ccccc21)C(=O)N[C@@H](CCCNC(N)=O)C(=O)Nc1ccc(COC(N)=O)cc1.CCCCCCON(C(=O)[C@@H](NC(=O)[C@H]1CCCCN1C)[C@@H](C)CC)[C@H](C[C@@H](OC(C)=O)c1nc(C(=O)N[C@@H](Cc2ccc(O)cc2)C[C@H](C)C(N)=O)cs1)C(C)C. The monoisotopic (exact) mass is 1780 g/mol. The number of urea groups is 1. The smallest absolute Gasteiger partial charge is 0.404 e. The molecule has 2 aliphatic heterocycles. The van der Waals surface area contributed by atoms with Gasteiger partial charge in [0.25, 0.3) is 11.8 Å². The zero-order chi connectivity index (χ0) is 92.7. The Balaban J connectivity index is 0.000000398. The maximum absolute atomic E-state index is 14.8. The zero-order valence-electron chi connectivity index (χ0n) is 75.0. The van der Waals surface area contributed by atoms with Gasteiger partial charge in [-0.05, 0) is 135 Å². The van der Waals surface area contributed by atoms with Crippen LogP contribution in [0.4, 0.5) is 21.0 Å². The Morgan fingerprint density at radius 2 is 1.30 bits per heavy atom. The zero-order valence-corrected chi connectivity index (χ0v) is 75.8. The maximum atomic E-state index is 14.8. The first kappa shape index (κ1) is 105. The third-order valence-corrected chi connectivity index (χ3v) is 22.3. The van der Waals surface area contributed by atoms with E-state index in [0.717, 1.165) is 90.8 Å². The molecule has 0 spiro atoms. The molecule has 12 amide bonds. The summed E-state index contributed by atoms with van der Waals surface area (Å²) in [6.07, 6.45) is 6.55. The predicted octanol–water partition coefficient (Wildman–Crippen LogP) is 8.67. The van der Waals surface area contributed by atoms with Crippen molar-refractivity contribution in [1.29, 1.82) is 0 Å². The fraction of sp³-hybridized carbons (Fsp3) is 0.554. The number of phenolic OH excluding ortho intramolecular Hbond substituents is 1. The molecule has 0 bridgehead atoms. The third-order valence-electron chi connectivity index (χ3n) is 21.4. The number of fused-ring (bicyclic) bond motifs is 2. The second-order valence-electron chi connectivity index (χ2n) is 32.2. The number of aromatic nitrogens is 1. The van der Waals surface area contributed by atoms with E-state index < -0.39 is 89.9 Å². The van der Waals surface area contributed by atoms with Crippen LogP contribution in [0.1, 0.15) is 208 Å². The first-order chi connectivity index (χ1) is 60.8. The van der Waals surface area contributed by atoms with Crippen molar-refractivity contribution in [2.75, 3.05) is 96.4 Å². The Morgan fingerprint density at radius 3 is 1.94 bits per heavy atom.